The van der Waals surface area contributed by atoms with Crippen LogP contribution in [0.3, 0.4) is 0 Å². The predicted octanol–water partition coefficient (Wildman–Crippen LogP) is 8.54. The molecule has 6 heteroatoms. The van der Waals surface area contributed by atoms with Gasteiger partial charge in [-0.2, -0.15) is 0 Å². The minimum absolute atomic E-state index is 0.186. The average molecular weight is 519 g/mol. The van der Waals surface area contributed by atoms with E-state index in [1.165, 1.54) is 115 Å². The maximum Gasteiger partial charge on any atom is 0.330 e. The summed E-state index contributed by atoms with van der Waals surface area (Å²) in [6.07, 6.45) is 26.6. The molecule has 3 N–H and O–H groups in total. The Labute approximate surface area is 224 Å². The fraction of sp³-hybridized carbons (Fsp3) is 0.677. The molecule has 37 heavy (non-hydrogen) atoms. The van der Waals surface area contributed by atoms with Gasteiger partial charge in [0.15, 0.2) is 11.5 Å². The van der Waals surface area contributed by atoms with Crippen LogP contribution in [0, 0.1) is 0 Å². The maximum absolute atomic E-state index is 11.8. The molecular formula is C31H50O6. The van der Waals surface area contributed by atoms with E-state index in [-0.39, 0.29) is 11.5 Å². The van der Waals surface area contributed by atoms with E-state index < -0.39 is 11.9 Å². The summed E-state index contributed by atoms with van der Waals surface area (Å²) in [6, 6.07) is 4.38. The van der Waals surface area contributed by atoms with E-state index in [4.69, 9.17) is 9.84 Å². The number of hydrogen-bond acceptors (Lipinski definition) is 5. The van der Waals surface area contributed by atoms with Gasteiger partial charge in [0.05, 0.1) is 6.61 Å². The number of aliphatic carboxylic acids is 1. The number of hydrogen-bond donors (Lipinski definition) is 3. The molecule has 0 aliphatic carbocycles. The van der Waals surface area contributed by atoms with E-state index in [1.54, 1.807) is 12.1 Å². The van der Waals surface area contributed by atoms with Crippen LogP contribution < -0.4 is 0 Å². The first-order chi connectivity index (χ1) is 18.0. The third-order valence-electron chi connectivity index (χ3n) is 6.69. The highest BCUT2D eigenvalue weighted by atomic mass is 16.5. The Hall–Kier alpha value is -2.50. The van der Waals surface area contributed by atoms with Crippen LogP contribution in [0.25, 0.3) is 6.08 Å². The molecule has 0 bridgehead atoms. The zero-order valence-corrected chi connectivity index (χ0v) is 22.8. The molecule has 0 unspecified atom stereocenters. The van der Waals surface area contributed by atoms with E-state index in [0.717, 1.165) is 25.7 Å². The van der Waals surface area contributed by atoms with E-state index >= 15 is 0 Å². The van der Waals surface area contributed by atoms with Crippen LogP contribution in [0.4, 0.5) is 0 Å². The van der Waals surface area contributed by atoms with E-state index in [9.17, 15) is 19.8 Å². The van der Waals surface area contributed by atoms with Crippen LogP contribution in [-0.2, 0) is 14.3 Å². The molecule has 0 aliphatic rings. The number of unbranched alkanes of at least 4 members (excludes halogenated alkanes) is 18. The number of rotatable bonds is 24. The molecule has 0 amide bonds. The molecule has 1 aromatic rings. The quantitative estimate of drug-likeness (QED) is 0.0548. The van der Waals surface area contributed by atoms with Crippen LogP contribution in [-0.4, -0.2) is 33.9 Å². The van der Waals surface area contributed by atoms with Crippen molar-refractivity contribution in [2.75, 3.05) is 6.61 Å². The Kier molecular flexibility index (Phi) is 19.9. The molecule has 0 saturated carbocycles. The molecule has 6 nitrogen and oxygen atoms in total. The predicted molar refractivity (Wildman–Crippen MR) is 150 cm³/mol. The summed E-state index contributed by atoms with van der Waals surface area (Å²) in [5.41, 5.74) is 0.623. The van der Waals surface area contributed by atoms with Gasteiger partial charge in [-0.15, -0.1) is 0 Å². The highest BCUT2D eigenvalue weighted by molar-refractivity contribution is 5.87. The number of aromatic hydroxyl groups is 2. The van der Waals surface area contributed by atoms with Crippen molar-refractivity contribution in [2.45, 2.75) is 128 Å². The SMILES string of the molecule is O=C(O)CCCCCCCCCCCCCCCCCCCCCOC(=O)/C=C/c1ccc(O)c(O)c1. The van der Waals surface area contributed by atoms with E-state index in [1.807, 2.05) is 0 Å². The van der Waals surface area contributed by atoms with Gasteiger partial charge in [-0.05, 0) is 36.6 Å². The molecule has 0 aliphatic heterocycles. The van der Waals surface area contributed by atoms with Gasteiger partial charge in [0.1, 0.15) is 0 Å². The summed E-state index contributed by atoms with van der Waals surface area (Å²) < 4.78 is 5.21. The van der Waals surface area contributed by atoms with Crippen molar-refractivity contribution in [1.82, 2.24) is 0 Å². The molecule has 0 radical (unpaired) electrons. The summed E-state index contributed by atoms with van der Waals surface area (Å²) in [5.74, 6) is -1.47. The summed E-state index contributed by atoms with van der Waals surface area (Å²) in [5, 5.41) is 27.4. The van der Waals surface area contributed by atoms with Gasteiger partial charge in [-0.3, -0.25) is 4.79 Å². The lowest BCUT2D eigenvalue weighted by atomic mass is 10.0. The molecule has 1 rings (SSSR count). The molecule has 0 heterocycles. The Morgan fingerprint density at radius 1 is 0.622 bits per heavy atom. The van der Waals surface area contributed by atoms with E-state index in [2.05, 4.69) is 0 Å². The number of phenols is 2. The zero-order valence-electron chi connectivity index (χ0n) is 22.8. The van der Waals surface area contributed by atoms with Crippen molar-refractivity contribution in [3.63, 3.8) is 0 Å². The van der Waals surface area contributed by atoms with Gasteiger partial charge in [0.2, 0.25) is 0 Å². The Bertz CT molecular complexity index is 758. The van der Waals surface area contributed by atoms with Crippen LogP contribution in [0.5, 0.6) is 11.5 Å². The molecule has 1 aromatic carbocycles. The lowest BCUT2D eigenvalue weighted by Crippen LogP contribution is -2.02. The first kappa shape index (κ1) is 32.5. The summed E-state index contributed by atoms with van der Waals surface area (Å²) in [4.78, 5) is 22.2. The molecule has 0 aromatic heterocycles. The van der Waals surface area contributed by atoms with Gasteiger partial charge >= 0.3 is 11.9 Å². The third kappa shape index (κ3) is 20.3. The van der Waals surface area contributed by atoms with Crippen LogP contribution in [0.1, 0.15) is 134 Å². The van der Waals surface area contributed by atoms with Gasteiger partial charge in [-0.1, -0.05) is 115 Å². The maximum atomic E-state index is 11.8. The summed E-state index contributed by atoms with van der Waals surface area (Å²) in [6.45, 7) is 0.429. The van der Waals surface area contributed by atoms with Crippen molar-refractivity contribution < 1.29 is 29.6 Å². The lowest BCUT2D eigenvalue weighted by molar-refractivity contribution is -0.138. The van der Waals surface area contributed by atoms with Gasteiger partial charge in [-0.25, -0.2) is 4.79 Å². The normalized spacial score (nSPS) is 11.2. The second-order valence-electron chi connectivity index (χ2n) is 10.1. The highest BCUT2D eigenvalue weighted by Gasteiger charge is 2.01. The minimum Gasteiger partial charge on any atom is -0.504 e. The molecular weight excluding hydrogens is 468 g/mol. The van der Waals surface area contributed by atoms with Crippen molar-refractivity contribution in [2.24, 2.45) is 0 Å². The fourth-order valence-corrected chi connectivity index (χ4v) is 4.41. The standard InChI is InChI=1S/C31H50O6/c32-28-23-21-27(26-29(28)33)22-24-31(36)37-25-19-17-15-13-11-9-7-5-3-1-2-4-6-8-10-12-14-16-18-20-30(34)35/h21-24,26,32-33H,1-20,25H2,(H,34,35)/b24-22+. The van der Waals surface area contributed by atoms with Crippen molar-refractivity contribution in [3.8, 4) is 11.5 Å². The largest absolute Gasteiger partial charge is 0.504 e. The fourth-order valence-electron chi connectivity index (χ4n) is 4.41. The molecule has 0 fully saturated rings. The monoisotopic (exact) mass is 518 g/mol. The summed E-state index contributed by atoms with van der Waals surface area (Å²) >= 11 is 0. The number of phenolic OH excluding ortho intramolecular Hbond substituents is 2. The number of carboxylic acids is 1. The molecule has 0 spiro atoms. The van der Waals surface area contributed by atoms with E-state index in [0.29, 0.717) is 18.6 Å². The Morgan fingerprint density at radius 2 is 1.05 bits per heavy atom. The van der Waals surface area contributed by atoms with Crippen LogP contribution in [0.2, 0.25) is 0 Å². The average Bonchev–Trinajstić information content (AvgIpc) is 2.87. The van der Waals surface area contributed by atoms with Crippen molar-refractivity contribution in [3.05, 3.63) is 29.8 Å². The molecule has 0 atom stereocenters. The number of esters is 1. The van der Waals surface area contributed by atoms with Crippen LogP contribution >= 0.6 is 0 Å². The Balaban J connectivity index is 1.77. The lowest BCUT2D eigenvalue weighted by Gasteiger charge is -2.04. The first-order valence-electron chi connectivity index (χ1n) is 14.6. The van der Waals surface area contributed by atoms with Gasteiger partial charge < -0.3 is 20.1 Å². The van der Waals surface area contributed by atoms with Crippen molar-refractivity contribution >= 4 is 18.0 Å². The number of carboxylic acid groups (broad SMARTS) is 1. The van der Waals surface area contributed by atoms with Gasteiger partial charge in [0.25, 0.3) is 0 Å². The number of benzene rings is 1. The number of ether oxygens (including phenoxy) is 1. The van der Waals surface area contributed by atoms with Crippen LogP contribution in [0.15, 0.2) is 24.3 Å². The summed E-state index contributed by atoms with van der Waals surface area (Å²) in [7, 11) is 0. The highest BCUT2D eigenvalue weighted by Crippen LogP contribution is 2.25. The second kappa shape index (κ2) is 22.7. The smallest absolute Gasteiger partial charge is 0.330 e. The second-order valence-corrected chi connectivity index (χ2v) is 10.1. The Morgan fingerprint density at radius 3 is 1.49 bits per heavy atom. The number of carbonyl (C=O) groups excluding carboxylic acids is 1. The number of carbonyl (C=O) groups is 2. The zero-order chi connectivity index (χ0) is 27.0. The first-order valence-corrected chi connectivity index (χ1v) is 14.6. The third-order valence-corrected chi connectivity index (χ3v) is 6.69. The molecule has 210 valence electrons. The molecule has 0 saturated heterocycles. The van der Waals surface area contributed by atoms with Crippen molar-refractivity contribution in [1.29, 1.82) is 0 Å². The van der Waals surface area contributed by atoms with Gasteiger partial charge in [0, 0.05) is 12.5 Å². The topological polar surface area (TPSA) is 104 Å². The minimum atomic E-state index is -0.674.